The molecular formula is C21H23N5O. The fourth-order valence-electron chi connectivity index (χ4n) is 4.72. The highest BCUT2D eigenvalue weighted by atomic mass is 16.2. The number of carbonyl (C=O) groups is 1. The molecular weight excluding hydrogens is 338 g/mol. The van der Waals surface area contributed by atoms with Crippen LogP contribution < -0.4 is 0 Å². The maximum absolute atomic E-state index is 13.3. The third kappa shape index (κ3) is 2.59. The molecule has 3 heterocycles. The zero-order valence-corrected chi connectivity index (χ0v) is 15.5. The molecule has 6 heteroatoms. The first-order valence-electron chi connectivity index (χ1n) is 9.60. The number of carbonyl (C=O) groups excluding carboxylic acids is 1. The minimum Gasteiger partial charge on any atom is -0.341 e. The van der Waals surface area contributed by atoms with Crippen LogP contribution in [0.15, 0.2) is 36.5 Å². The highest BCUT2D eigenvalue weighted by Gasteiger charge is 2.44. The first-order chi connectivity index (χ1) is 13.2. The largest absolute Gasteiger partial charge is 0.341 e. The van der Waals surface area contributed by atoms with E-state index in [1.54, 1.807) is 0 Å². The summed E-state index contributed by atoms with van der Waals surface area (Å²) in [4.78, 5) is 23.2. The molecule has 1 spiro atoms. The van der Waals surface area contributed by atoms with Crippen LogP contribution in [-0.4, -0.2) is 44.1 Å². The predicted octanol–water partition coefficient (Wildman–Crippen LogP) is 3.23. The van der Waals surface area contributed by atoms with Crippen LogP contribution in [0.1, 0.15) is 46.7 Å². The van der Waals surface area contributed by atoms with E-state index >= 15 is 0 Å². The van der Waals surface area contributed by atoms with Gasteiger partial charge in [-0.25, -0.2) is 4.98 Å². The van der Waals surface area contributed by atoms with Crippen molar-refractivity contribution in [2.45, 2.75) is 38.0 Å². The average molecular weight is 361 g/mol. The number of nitrogens with zero attached hydrogens (tertiary/aromatic N) is 3. The molecule has 6 nitrogen and oxygen atoms in total. The number of likely N-dealkylation sites (tertiary alicyclic amines) is 1. The molecule has 1 fully saturated rings. The summed E-state index contributed by atoms with van der Waals surface area (Å²) in [5.41, 5.74) is 4.94. The number of aromatic nitrogens is 4. The van der Waals surface area contributed by atoms with Gasteiger partial charge in [0.1, 0.15) is 11.5 Å². The predicted molar refractivity (Wildman–Crippen MR) is 102 cm³/mol. The molecule has 1 aliphatic heterocycles. The number of benzene rings is 1. The van der Waals surface area contributed by atoms with Gasteiger partial charge in [-0.15, -0.1) is 0 Å². The molecule has 1 unspecified atom stereocenters. The van der Waals surface area contributed by atoms with E-state index in [2.05, 4.69) is 20.2 Å². The monoisotopic (exact) mass is 361 g/mol. The Morgan fingerprint density at radius 1 is 1.22 bits per heavy atom. The van der Waals surface area contributed by atoms with Crippen LogP contribution in [0.3, 0.4) is 0 Å². The lowest BCUT2D eigenvalue weighted by atomic mass is 9.77. The summed E-state index contributed by atoms with van der Waals surface area (Å²) in [6, 6.07) is 9.93. The number of rotatable bonds is 2. The van der Waals surface area contributed by atoms with Gasteiger partial charge in [-0.05, 0) is 38.2 Å². The number of aryl methyl sites for hydroxylation is 2. The van der Waals surface area contributed by atoms with Crippen LogP contribution in [0.25, 0.3) is 11.4 Å². The normalized spacial score (nSPS) is 21.6. The maximum Gasteiger partial charge on any atom is 0.274 e. The number of amides is 1. The number of piperidine rings is 1. The van der Waals surface area contributed by atoms with Gasteiger partial charge in [0.25, 0.3) is 5.91 Å². The number of nitrogens with one attached hydrogen (secondary N) is 2. The number of hydrogen-bond donors (Lipinski definition) is 2. The zero-order valence-electron chi connectivity index (χ0n) is 15.5. The summed E-state index contributed by atoms with van der Waals surface area (Å²) in [7, 11) is 0. The molecule has 0 bridgehead atoms. The molecule has 27 heavy (non-hydrogen) atoms. The van der Waals surface area contributed by atoms with Crippen molar-refractivity contribution in [3.05, 3.63) is 59.2 Å². The molecule has 1 atom stereocenters. The van der Waals surface area contributed by atoms with E-state index in [4.69, 9.17) is 0 Å². The number of aromatic amines is 2. The topological polar surface area (TPSA) is 77.7 Å². The Labute approximate surface area is 158 Å². The van der Waals surface area contributed by atoms with E-state index in [0.29, 0.717) is 5.69 Å². The molecule has 1 aromatic carbocycles. The van der Waals surface area contributed by atoms with Crippen LogP contribution >= 0.6 is 0 Å². The van der Waals surface area contributed by atoms with Crippen molar-refractivity contribution in [2.24, 2.45) is 0 Å². The van der Waals surface area contributed by atoms with Crippen LogP contribution in [0.2, 0.25) is 0 Å². The van der Waals surface area contributed by atoms with Crippen molar-refractivity contribution in [3.8, 4) is 11.4 Å². The van der Waals surface area contributed by atoms with Crippen molar-refractivity contribution in [1.29, 1.82) is 0 Å². The van der Waals surface area contributed by atoms with Gasteiger partial charge in [0.2, 0.25) is 0 Å². The lowest BCUT2D eigenvalue weighted by molar-refractivity contribution is 0.0627. The van der Waals surface area contributed by atoms with Gasteiger partial charge in [0.05, 0.1) is 6.20 Å². The molecule has 1 amide bonds. The number of fused-ring (bicyclic) bond motifs is 2. The third-order valence-electron chi connectivity index (χ3n) is 6.12. The highest BCUT2D eigenvalue weighted by Crippen LogP contribution is 2.44. The summed E-state index contributed by atoms with van der Waals surface area (Å²) in [6.07, 6.45) is 6.21. The molecule has 2 aromatic heterocycles. The number of H-pyrrole nitrogens is 2. The molecule has 0 saturated carbocycles. The van der Waals surface area contributed by atoms with Crippen molar-refractivity contribution < 1.29 is 4.79 Å². The summed E-state index contributed by atoms with van der Waals surface area (Å²) in [6.45, 7) is 3.46. The molecule has 2 aliphatic rings. The van der Waals surface area contributed by atoms with Crippen LogP contribution in [-0.2, 0) is 11.8 Å². The smallest absolute Gasteiger partial charge is 0.274 e. The summed E-state index contributed by atoms with van der Waals surface area (Å²) < 4.78 is 0. The third-order valence-corrected chi connectivity index (χ3v) is 6.12. The molecule has 1 saturated heterocycles. The van der Waals surface area contributed by atoms with Gasteiger partial charge in [-0.3, -0.25) is 9.89 Å². The Balaban J connectivity index is 1.43. The quantitative estimate of drug-likeness (QED) is 0.736. The van der Waals surface area contributed by atoms with Gasteiger partial charge < -0.3 is 9.88 Å². The molecule has 138 valence electrons. The Morgan fingerprint density at radius 3 is 2.93 bits per heavy atom. The van der Waals surface area contributed by atoms with Crippen molar-refractivity contribution in [1.82, 2.24) is 25.1 Å². The van der Waals surface area contributed by atoms with Crippen LogP contribution in [0, 0.1) is 6.92 Å². The first-order valence-corrected chi connectivity index (χ1v) is 9.60. The second-order valence-corrected chi connectivity index (χ2v) is 7.81. The Kier molecular flexibility index (Phi) is 3.67. The zero-order chi connectivity index (χ0) is 18.4. The SMILES string of the molecule is Cc1[nH]c(-c2ccccc2)nc1C(=O)N1CCCC2(CCc3cn[nH]c32)C1. The molecule has 1 aliphatic carbocycles. The second kappa shape index (κ2) is 6.08. The van der Waals surface area contributed by atoms with Gasteiger partial charge in [-0.2, -0.15) is 5.10 Å². The first kappa shape index (κ1) is 16.3. The van der Waals surface area contributed by atoms with E-state index in [0.717, 1.165) is 55.9 Å². The Morgan fingerprint density at radius 2 is 2.07 bits per heavy atom. The lowest BCUT2D eigenvalue weighted by Gasteiger charge is -2.40. The van der Waals surface area contributed by atoms with Crippen LogP contribution in [0.5, 0.6) is 0 Å². The number of hydrogen-bond acceptors (Lipinski definition) is 3. The summed E-state index contributed by atoms with van der Waals surface area (Å²) in [5, 5.41) is 7.43. The maximum atomic E-state index is 13.3. The van der Waals surface area contributed by atoms with Gasteiger partial charge in [-0.1, -0.05) is 30.3 Å². The van der Waals surface area contributed by atoms with Crippen molar-refractivity contribution in [2.75, 3.05) is 13.1 Å². The van der Waals surface area contributed by atoms with E-state index in [1.165, 1.54) is 11.3 Å². The Hall–Kier alpha value is -2.89. The fraction of sp³-hybridized carbons (Fsp3) is 0.381. The standard InChI is InChI=1S/C21H23N5O/c1-14-17(24-19(23-14)15-6-3-2-4-7-15)20(27)26-11-5-9-21(13-26)10-8-16-12-22-25-18(16)21/h2-4,6-7,12H,5,8-11,13H2,1H3,(H,22,25)(H,23,24). The van der Waals surface area contributed by atoms with Crippen LogP contribution in [0.4, 0.5) is 0 Å². The molecule has 0 radical (unpaired) electrons. The minimum absolute atomic E-state index is 0.0259. The molecule has 2 N–H and O–H groups in total. The molecule has 5 rings (SSSR count). The average Bonchev–Trinajstić information content (AvgIpc) is 3.40. The number of imidazole rings is 1. The van der Waals surface area contributed by atoms with Crippen molar-refractivity contribution >= 4 is 5.91 Å². The fourth-order valence-corrected chi connectivity index (χ4v) is 4.72. The Bertz CT molecular complexity index is 989. The van der Waals surface area contributed by atoms with Gasteiger partial charge >= 0.3 is 0 Å². The second-order valence-electron chi connectivity index (χ2n) is 7.81. The van der Waals surface area contributed by atoms with E-state index < -0.39 is 0 Å². The highest BCUT2D eigenvalue weighted by molar-refractivity contribution is 5.94. The van der Waals surface area contributed by atoms with Gasteiger partial charge in [0, 0.05) is 35.5 Å². The lowest BCUT2D eigenvalue weighted by Crippen LogP contribution is -2.48. The summed E-state index contributed by atoms with van der Waals surface area (Å²) in [5.74, 6) is 0.776. The minimum atomic E-state index is 0.0259. The summed E-state index contributed by atoms with van der Waals surface area (Å²) >= 11 is 0. The van der Waals surface area contributed by atoms with Gasteiger partial charge in [0.15, 0.2) is 0 Å². The van der Waals surface area contributed by atoms with E-state index in [-0.39, 0.29) is 11.3 Å². The van der Waals surface area contributed by atoms with E-state index in [9.17, 15) is 4.79 Å². The van der Waals surface area contributed by atoms with E-state index in [1.807, 2.05) is 48.4 Å². The molecule has 3 aromatic rings. The van der Waals surface area contributed by atoms with Crippen molar-refractivity contribution in [3.63, 3.8) is 0 Å².